The summed E-state index contributed by atoms with van der Waals surface area (Å²) in [5.74, 6) is 0.390. The van der Waals surface area contributed by atoms with Crippen molar-refractivity contribution < 1.29 is 0 Å². The summed E-state index contributed by atoms with van der Waals surface area (Å²) in [4.78, 5) is 0. The van der Waals surface area contributed by atoms with Crippen molar-refractivity contribution in [2.24, 2.45) is 5.41 Å². The van der Waals surface area contributed by atoms with E-state index in [2.05, 4.69) is 112 Å². The van der Waals surface area contributed by atoms with Crippen LogP contribution in [0.25, 0.3) is 11.1 Å². The van der Waals surface area contributed by atoms with Gasteiger partial charge in [0.15, 0.2) is 0 Å². The molecule has 0 saturated carbocycles. The number of hydrogen-bond acceptors (Lipinski definition) is 0. The fourth-order valence-electron chi connectivity index (χ4n) is 8.26. The molecule has 0 bridgehead atoms. The predicted octanol–water partition coefficient (Wildman–Crippen LogP) is 10.4. The fraction of sp³-hybridized carbons (Fsp3) is 0.568. The predicted molar refractivity (Wildman–Crippen MR) is 160 cm³/mol. The van der Waals surface area contributed by atoms with Crippen LogP contribution in [0, 0.1) is 5.41 Å². The van der Waals surface area contributed by atoms with E-state index in [-0.39, 0.29) is 27.1 Å². The van der Waals surface area contributed by atoms with E-state index in [1.807, 2.05) is 0 Å². The van der Waals surface area contributed by atoms with Crippen molar-refractivity contribution in [3.05, 3.63) is 81.4 Å². The number of benzene rings is 2. The van der Waals surface area contributed by atoms with Crippen molar-refractivity contribution in [2.45, 2.75) is 129 Å². The van der Waals surface area contributed by atoms with Crippen LogP contribution in [-0.2, 0) is 21.7 Å². The molecule has 0 nitrogen and oxygen atoms in total. The maximum Gasteiger partial charge on any atom is 0.0190 e. The zero-order valence-corrected chi connectivity index (χ0v) is 25.2. The van der Waals surface area contributed by atoms with Crippen LogP contribution in [0.2, 0.25) is 0 Å². The third-order valence-electron chi connectivity index (χ3n) is 11.3. The van der Waals surface area contributed by atoms with Gasteiger partial charge in [0.25, 0.3) is 0 Å². The van der Waals surface area contributed by atoms with Gasteiger partial charge in [0.05, 0.1) is 0 Å². The van der Waals surface area contributed by atoms with Crippen LogP contribution in [0.15, 0.2) is 48.1 Å². The Labute approximate surface area is 226 Å². The lowest BCUT2D eigenvalue weighted by atomic mass is 9.61. The molecule has 37 heavy (non-hydrogen) atoms. The molecule has 0 spiro atoms. The zero-order valence-electron chi connectivity index (χ0n) is 25.2. The molecule has 4 aliphatic carbocycles. The molecule has 0 saturated heterocycles. The fourth-order valence-corrected chi connectivity index (χ4v) is 8.26. The molecule has 0 unspecified atom stereocenters. The Kier molecular flexibility index (Phi) is 5.12. The topological polar surface area (TPSA) is 0 Å². The molecule has 0 amide bonds. The van der Waals surface area contributed by atoms with Crippen LogP contribution in [0.3, 0.4) is 0 Å². The highest BCUT2D eigenvalue weighted by Gasteiger charge is 2.47. The summed E-state index contributed by atoms with van der Waals surface area (Å²) in [6, 6.07) is 10.6. The quantitative estimate of drug-likeness (QED) is 0.391. The third kappa shape index (κ3) is 3.53. The van der Waals surface area contributed by atoms with E-state index >= 15 is 0 Å². The summed E-state index contributed by atoms with van der Waals surface area (Å²) in [7, 11) is 0. The second kappa shape index (κ2) is 7.52. The Hall–Kier alpha value is -2.08. The van der Waals surface area contributed by atoms with Gasteiger partial charge in [-0.1, -0.05) is 117 Å². The van der Waals surface area contributed by atoms with Gasteiger partial charge in [0.2, 0.25) is 0 Å². The zero-order chi connectivity index (χ0) is 26.8. The smallest absolute Gasteiger partial charge is 0.0190 e. The summed E-state index contributed by atoms with van der Waals surface area (Å²) < 4.78 is 0. The first-order valence-corrected chi connectivity index (χ1v) is 14.8. The average Bonchev–Trinajstić information content (AvgIpc) is 3.46. The van der Waals surface area contributed by atoms with E-state index in [0.29, 0.717) is 5.92 Å². The lowest BCUT2D eigenvalue weighted by Crippen LogP contribution is -2.34. The molecule has 196 valence electrons. The van der Waals surface area contributed by atoms with Crippen molar-refractivity contribution in [1.29, 1.82) is 0 Å². The molecule has 0 aliphatic heterocycles. The van der Waals surface area contributed by atoms with Crippen LogP contribution in [0.4, 0.5) is 0 Å². The van der Waals surface area contributed by atoms with E-state index in [4.69, 9.17) is 0 Å². The minimum atomic E-state index is 0.0641. The van der Waals surface area contributed by atoms with Gasteiger partial charge >= 0.3 is 0 Å². The van der Waals surface area contributed by atoms with Crippen LogP contribution in [0.1, 0.15) is 141 Å². The molecule has 0 aromatic heterocycles. The molecule has 0 fully saturated rings. The molecule has 0 N–H and O–H groups in total. The standard InChI is InChI=1S/C37H48/c1-33(2)15-17-35(5,6)30-21-26-24(19-28(30)33)25-20-29-31(36(7,8)18-16-34(29,3)4)22-27(25)32(26)37(9,10)23-13-11-12-14-23/h11-13,19-22,32H,14-18H2,1-10H3. The van der Waals surface area contributed by atoms with E-state index in [0.717, 1.165) is 6.42 Å². The lowest BCUT2D eigenvalue weighted by Gasteiger charge is -2.43. The summed E-state index contributed by atoms with van der Waals surface area (Å²) in [6.07, 6.45) is 13.1. The second-order valence-electron chi connectivity index (χ2n) is 16.0. The normalized spacial score (nSPS) is 24.2. The summed E-state index contributed by atoms with van der Waals surface area (Å²) >= 11 is 0. The maximum absolute atomic E-state index is 2.68. The monoisotopic (exact) mass is 492 g/mol. The van der Waals surface area contributed by atoms with E-state index in [1.54, 1.807) is 39.0 Å². The molecular formula is C37H48. The highest BCUT2D eigenvalue weighted by molar-refractivity contribution is 5.83. The SMILES string of the molecule is CC1(C)CCC(C)(C)c2cc3c(cc21)-c1cc2c(cc1C3C(C)(C)C1=CC=CC1)C(C)(C)CCC2(C)C. The van der Waals surface area contributed by atoms with E-state index in [1.165, 1.54) is 36.8 Å². The summed E-state index contributed by atoms with van der Waals surface area (Å²) in [5.41, 5.74) is 15.1. The third-order valence-corrected chi connectivity index (χ3v) is 11.3. The maximum atomic E-state index is 2.68. The van der Waals surface area contributed by atoms with E-state index < -0.39 is 0 Å². The average molecular weight is 493 g/mol. The highest BCUT2D eigenvalue weighted by atomic mass is 14.5. The Morgan fingerprint density at radius 1 is 0.595 bits per heavy atom. The van der Waals surface area contributed by atoms with E-state index in [9.17, 15) is 0 Å². The second-order valence-corrected chi connectivity index (χ2v) is 16.0. The first kappa shape index (κ1) is 25.2. The van der Waals surface area contributed by atoms with Crippen LogP contribution in [-0.4, -0.2) is 0 Å². The van der Waals surface area contributed by atoms with Crippen molar-refractivity contribution in [2.75, 3.05) is 0 Å². The van der Waals surface area contributed by atoms with Gasteiger partial charge in [-0.25, -0.2) is 0 Å². The number of hydrogen-bond donors (Lipinski definition) is 0. The van der Waals surface area contributed by atoms with Gasteiger partial charge < -0.3 is 0 Å². The first-order chi connectivity index (χ1) is 17.1. The first-order valence-electron chi connectivity index (χ1n) is 14.8. The number of fused-ring (bicyclic) bond motifs is 5. The highest BCUT2D eigenvalue weighted by Crippen LogP contribution is 2.61. The lowest BCUT2D eigenvalue weighted by molar-refractivity contribution is 0.329. The van der Waals surface area contributed by atoms with Gasteiger partial charge in [0.1, 0.15) is 0 Å². The molecule has 0 heterocycles. The molecule has 2 aromatic rings. The Balaban J connectivity index is 1.68. The van der Waals surface area contributed by atoms with Gasteiger partial charge in [-0.15, -0.1) is 0 Å². The molecule has 4 aliphatic rings. The largest absolute Gasteiger partial charge is 0.0804 e. The van der Waals surface area contributed by atoms with Crippen molar-refractivity contribution in [3.63, 3.8) is 0 Å². The van der Waals surface area contributed by atoms with Gasteiger partial charge in [-0.2, -0.15) is 0 Å². The summed E-state index contributed by atoms with van der Waals surface area (Å²) in [6.45, 7) is 24.8. The molecule has 0 atom stereocenters. The van der Waals surface area contributed by atoms with Gasteiger partial charge in [-0.3, -0.25) is 0 Å². The minimum absolute atomic E-state index is 0.0641. The molecular weight excluding hydrogens is 444 g/mol. The minimum Gasteiger partial charge on any atom is -0.0804 e. The molecule has 0 heteroatoms. The van der Waals surface area contributed by atoms with Crippen molar-refractivity contribution in [1.82, 2.24) is 0 Å². The van der Waals surface area contributed by atoms with Crippen LogP contribution in [0.5, 0.6) is 0 Å². The number of allylic oxidation sites excluding steroid dienone is 4. The number of rotatable bonds is 2. The Morgan fingerprint density at radius 2 is 0.973 bits per heavy atom. The summed E-state index contributed by atoms with van der Waals surface area (Å²) in [5, 5.41) is 0. The molecule has 6 rings (SSSR count). The molecule has 2 aromatic carbocycles. The Bertz CT molecular complexity index is 1280. The van der Waals surface area contributed by atoms with Crippen molar-refractivity contribution in [3.8, 4) is 11.1 Å². The molecule has 0 radical (unpaired) electrons. The van der Waals surface area contributed by atoms with Gasteiger partial charge in [0, 0.05) is 5.92 Å². The van der Waals surface area contributed by atoms with Crippen molar-refractivity contribution >= 4 is 0 Å². The Morgan fingerprint density at radius 3 is 1.32 bits per heavy atom. The van der Waals surface area contributed by atoms with Crippen LogP contribution >= 0.6 is 0 Å². The van der Waals surface area contributed by atoms with Gasteiger partial charge in [-0.05, 0) is 104 Å². The van der Waals surface area contributed by atoms with Crippen LogP contribution < -0.4 is 0 Å².